The van der Waals surface area contributed by atoms with E-state index in [4.69, 9.17) is 0 Å². The molecule has 0 bridgehead atoms. The number of sulfonamides is 1. The molecule has 0 unspecified atom stereocenters. The molecule has 1 saturated heterocycles. The highest BCUT2D eigenvalue weighted by Crippen LogP contribution is 2.22. The first-order valence-corrected chi connectivity index (χ1v) is 12.6. The summed E-state index contributed by atoms with van der Waals surface area (Å²) in [5.41, 5.74) is 5.39. The molecule has 33 heavy (non-hydrogen) atoms. The summed E-state index contributed by atoms with van der Waals surface area (Å²) in [7, 11) is -3.31. The highest BCUT2D eigenvalue weighted by molar-refractivity contribution is 7.89. The maximum atomic E-state index is 13.2. The fourth-order valence-corrected chi connectivity index (χ4v) is 5.32. The predicted octanol–water partition coefficient (Wildman–Crippen LogP) is 3.34. The Hall–Kier alpha value is -3.04. The summed E-state index contributed by atoms with van der Waals surface area (Å²) in [5.74, 6) is -0.941. The molecular formula is C24H27FN4O3S. The monoisotopic (exact) mass is 470 g/mol. The number of hydrogen-bond acceptors (Lipinski definition) is 4. The first kappa shape index (κ1) is 23.1. The number of fused-ring (bicyclic) bond motifs is 1. The molecule has 0 radical (unpaired) electrons. The van der Waals surface area contributed by atoms with Gasteiger partial charge in [0.1, 0.15) is 5.82 Å². The van der Waals surface area contributed by atoms with Gasteiger partial charge in [0.15, 0.2) is 0 Å². The van der Waals surface area contributed by atoms with Gasteiger partial charge < -0.3 is 4.57 Å². The molecule has 1 amide bonds. The Bertz CT molecular complexity index is 1270. The molecule has 1 atom stereocenters. The summed E-state index contributed by atoms with van der Waals surface area (Å²) in [6, 6.07) is 14.3. The molecule has 4 rings (SSSR count). The molecule has 9 heteroatoms. The minimum Gasteiger partial charge on any atom is -0.342 e. The van der Waals surface area contributed by atoms with Crippen molar-refractivity contribution in [2.45, 2.75) is 26.3 Å². The predicted molar refractivity (Wildman–Crippen MR) is 127 cm³/mol. The Morgan fingerprint density at radius 1 is 1.21 bits per heavy atom. The maximum absolute atomic E-state index is 13.2. The molecule has 0 saturated carbocycles. The SMILES string of the molecule is CCS(=O)(=O)N1CCC[C@@H](C(=O)N/N=C\c2cn(Cc3ccc(F)cc3)c3ccccc23)C1. The number of nitrogens with one attached hydrogen (secondary N) is 1. The van der Waals surface area contributed by atoms with Gasteiger partial charge >= 0.3 is 0 Å². The smallest absolute Gasteiger partial charge is 0.244 e. The second-order valence-corrected chi connectivity index (χ2v) is 10.4. The van der Waals surface area contributed by atoms with E-state index in [1.54, 1.807) is 25.3 Å². The fourth-order valence-electron chi connectivity index (χ4n) is 4.14. The van der Waals surface area contributed by atoms with Crippen LogP contribution in [0, 0.1) is 11.7 Å². The zero-order valence-electron chi connectivity index (χ0n) is 18.4. The van der Waals surface area contributed by atoms with Crippen molar-refractivity contribution < 1.29 is 17.6 Å². The van der Waals surface area contributed by atoms with Crippen molar-refractivity contribution >= 4 is 33.0 Å². The summed E-state index contributed by atoms with van der Waals surface area (Å²) in [6.45, 7) is 2.83. The molecule has 1 aliphatic heterocycles. The fraction of sp³-hybridized carbons (Fsp3) is 0.333. The van der Waals surface area contributed by atoms with Crippen LogP contribution in [0.15, 0.2) is 59.8 Å². The van der Waals surface area contributed by atoms with Gasteiger partial charge in [-0.2, -0.15) is 5.10 Å². The van der Waals surface area contributed by atoms with Crippen molar-refractivity contribution in [2.75, 3.05) is 18.8 Å². The molecule has 1 aliphatic rings. The zero-order valence-corrected chi connectivity index (χ0v) is 19.3. The van der Waals surface area contributed by atoms with E-state index >= 15 is 0 Å². The number of benzene rings is 2. The molecule has 1 fully saturated rings. The molecule has 7 nitrogen and oxygen atoms in total. The standard InChI is InChI=1S/C24H27FN4O3S/c1-2-33(31,32)29-13-5-6-19(17-29)24(30)27-26-14-20-16-28(23-8-4-3-7-22(20)23)15-18-9-11-21(25)12-10-18/h3-4,7-12,14,16,19H,2,5-6,13,15,17H2,1H3,(H,27,30)/b26-14-/t19-/m1/s1. The highest BCUT2D eigenvalue weighted by Gasteiger charge is 2.31. The van der Waals surface area contributed by atoms with Crippen LogP contribution in [0.2, 0.25) is 0 Å². The number of rotatable bonds is 7. The van der Waals surface area contributed by atoms with Crippen LogP contribution in [-0.4, -0.2) is 48.3 Å². The highest BCUT2D eigenvalue weighted by atomic mass is 32.2. The summed E-state index contributed by atoms with van der Waals surface area (Å²) in [5, 5.41) is 5.13. The normalized spacial score (nSPS) is 17.6. The first-order valence-electron chi connectivity index (χ1n) is 11.0. The van der Waals surface area contributed by atoms with Crippen molar-refractivity contribution in [3.63, 3.8) is 0 Å². The minimum atomic E-state index is -3.31. The summed E-state index contributed by atoms with van der Waals surface area (Å²) < 4.78 is 41.0. The number of nitrogens with zero attached hydrogens (tertiary/aromatic N) is 3. The molecule has 0 spiro atoms. The van der Waals surface area contributed by atoms with E-state index in [9.17, 15) is 17.6 Å². The lowest BCUT2D eigenvalue weighted by Gasteiger charge is -2.30. The lowest BCUT2D eigenvalue weighted by Crippen LogP contribution is -2.45. The number of hydrogen-bond donors (Lipinski definition) is 1. The molecule has 2 aromatic carbocycles. The Labute approximate surface area is 192 Å². The van der Waals surface area contributed by atoms with Crippen LogP contribution in [0.5, 0.6) is 0 Å². The second-order valence-electron chi connectivity index (χ2n) is 8.19. The lowest BCUT2D eigenvalue weighted by molar-refractivity contribution is -0.126. The first-order chi connectivity index (χ1) is 15.9. The average Bonchev–Trinajstić information content (AvgIpc) is 3.18. The molecule has 1 N–H and O–H groups in total. The van der Waals surface area contributed by atoms with Gasteiger partial charge in [0.2, 0.25) is 15.9 Å². The van der Waals surface area contributed by atoms with Crippen molar-refractivity contribution in [3.8, 4) is 0 Å². The zero-order chi connectivity index (χ0) is 23.4. The lowest BCUT2D eigenvalue weighted by atomic mass is 9.99. The van der Waals surface area contributed by atoms with E-state index in [2.05, 4.69) is 15.1 Å². The van der Waals surface area contributed by atoms with Crippen LogP contribution in [0.3, 0.4) is 0 Å². The number of carbonyl (C=O) groups excluding carboxylic acids is 1. The third-order valence-corrected chi connectivity index (χ3v) is 7.83. The molecule has 2 heterocycles. The van der Waals surface area contributed by atoms with E-state index < -0.39 is 15.9 Å². The van der Waals surface area contributed by atoms with E-state index in [1.807, 2.05) is 30.5 Å². The van der Waals surface area contributed by atoms with E-state index in [0.717, 1.165) is 22.0 Å². The van der Waals surface area contributed by atoms with E-state index in [1.165, 1.54) is 16.4 Å². The number of piperidine rings is 1. The summed E-state index contributed by atoms with van der Waals surface area (Å²) in [6.07, 6.45) is 4.83. The topological polar surface area (TPSA) is 83.8 Å². The van der Waals surface area contributed by atoms with Crippen molar-refractivity contribution in [1.82, 2.24) is 14.3 Å². The molecule has 3 aromatic rings. The quantitative estimate of drug-likeness (QED) is 0.425. The van der Waals surface area contributed by atoms with Crippen molar-refractivity contribution in [3.05, 3.63) is 71.7 Å². The number of halogens is 1. The number of para-hydroxylation sites is 1. The van der Waals surface area contributed by atoms with Gasteiger partial charge in [-0.3, -0.25) is 4.79 Å². The van der Waals surface area contributed by atoms with E-state index in [-0.39, 0.29) is 24.0 Å². The van der Waals surface area contributed by atoms with Crippen molar-refractivity contribution in [2.24, 2.45) is 11.0 Å². The van der Waals surface area contributed by atoms with Gasteiger partial charge in [-0.15, -0.1) is 0 Å². The molecule has 174 valence electrons. The Morgan fingerprint density at radius 3 is 2.73 bits per heavy atom. The number of hydrazone groups is 1. The Balaban J connectivity index is 1.47. The summed E-state index contributed by atoms with van der Waals surface area (Å²) >= 11 is 0. The van der Waals surface area contributed by atoms with Crippen LogP contribution < -0.4 is 5.43 Å². The van der Waals surface area contributed by atoms with Gasteiger partial charge in [0, 0.05) is 42.3 Å². The third-order valence-electron chi connectivity index (χ3n) is 5.98. The van der Waals surface area contributed by atoms with Gasteiger partial charge in [-0.05, 0) is 43.5 Å². The van der Waals surface area contributed by atoms with Gasteiger partial charge in [0.25, 0.3) is 0 Å². The third kappa shape index (κ3) is 5.31. The minimum absolute atomic E-state index is 0.0292. The second kappa shape index (κ2) is 9.84. The molecule has 0 aliphatic carbocycles. The summed E-state index contributed by atoms with van der Waals surface area (Å²) in [4.78, 5) is 12.6. The largest absolute Gasteiger partial charge is 0.342 e. The van der Waals surface area contributed by atoms with E-state index in [0.29, 0.717) is 25.9 Å². The van der Waals surface area contributed by atoms with Gasteiger partial charge in [-0.25, -0.2) is 22.5 Å². The Morgan fingerprint density at radius 2 is 1.97 bits per heavy atom. The van der Waals surface area contributed by atoms with Gasteiger partial charge in [-0.1, -0.05) is 30.3 Å². The molecular weight excluding hydrogens is 443 g/mol. The average molecular weight is 471 g/mol. The maximum Gasteiger partial charge on any atom is 0.244 e. The number of aromatic nitrogens is 1. The van der Waals surface area contributed by atoms with Gasteiger partial charge in [0.05, 0.1) is 17.9 Å². The van der Waals surface area contributed by atoms with Crippen LogP contribution >= 0.6 is 0 Å². The van der Waals surface area contributed by atoms with Crippen molar-refractivity contribution in [1.29, 1.82) is 0 Å². The van der Waals surface area contributed by atoms with Crippen LogP contribution in [-0.2, 0) is 21.4 Å². The van der Waals surface area contributed by atoms with Crippen LogP contribution in [0.1, 0.15) is 30.9 Å². The number of carbonyl (C=O) groups is 1. The van der Waals surface area contributed by atoms with Crippen LogP contribution in [0.25, 0.3) is 10.9 Å². The number of amides is 1. The molecule has 1 aromatic heterocycles. The Kier molecular flexibility index (Phi) is 6.90. The van der Waals surface area contributed by atoms with Crippen LogP contribution in [0.4, 0.5) is 4.39 Å².